The number of carboxylic acid groups (broad SMARTS) is 1. The number of para-hydroxylation sites is 2. The highest BCUT2D eigenvalue weighted by atomic mass is 35.5. The average molecular weight is 985 g/mol. The van der Waals surface area contributed by atoms with Gasteiger partial charge in [-0.1, -0.05) is 64.1 Å². The highest BCUT2D eigenvalue weighted by molar-refractivity contribution is 6.48. The van der Waals surface area contributed by atoms with Gasteiger partial charge in [-0.15, -0.1) is 12.4 Å². The van der Waals surface area contributed by atoms with Gasteiger partial charge in [0, 0.05) is 28.9 Å². The summed E-state index contributed by atoms with van der Waals surface area (Å²) >= 11 is 0. The SMILES string of the molecule is CC1(C)[C@@H]2C[C@H]3OB([C@@H](N)C[C@@H]4COc5ccccc54)O[C@@]3(C)[C@H]1C2.CC1(C)[C@@H]2C[C@H]3OB([C@H](C[C@@H]4COc5ccccc54)NC(=O)[C@@H]4C[C@H]5CC[C@@H]4O5)O[C@@]3(C)[C@H]1C2.Cl.O=C(O)[C@@H]1C[C@H]2CC[C@@H]1O2. The first-order chi connectivity index (χ1) is 33.0. The largest absolute Gasteiger partial charge is 0.493 e. The van der Waals surface area contributed by atoms with E-state index in [0.29, 0.717) is 47.7 Å². The fourth-order valence-corrected chi connectivity index (χ4v) is 16.1. The smallest absolute Gasteiger partial charge is 0.481 e. The van der Waals surface area contributed by atoms with Gasteiger partial charge in [-0.05, 0) is 138 Å². The van der Waals surface area contributed by atoms with E-state index in [1.165, 1.54) is 24.0 Å². The van der Waals surface area contributed by atoms with Gasteiger partial charge in [-0.25, -0.2) is 0 Å². The summed E-state index contributed by atoms with van der Waals surface area (Å²) in [7, 11) is -0.723. The number of benzene rings is 2. The van der Waals surface area contributed by atoms with Crippen molar-refractivity contribution < 1.29 is 52.3 Å². The molecular weight excluding hydrogens is 910 g/mol. The molecule has 2 aromatic carbocycles. The Hall–Kier alpha value is -2.88. The van der Waals surface area contributed by atoms with Crippen molar-refractivity contribution in [1.82, 2.24) is 5.32 Å². The fourth-order valence-electron chi connectivity index (χ4n) is 16.1. The molecule has 4 N–H and O–H groups in total. The van der Waals surface area contributed by atoms with Crippen LogP contribution in [0.4, 0.5) is 0 Å². The highest BCUT2D eigenvalue weighted by Gasteiger charge is 2.70. The third-order valence-corrected chi connectivity index (χ3v) is 20.5. The zero-order valence-corrected chi connectivity index (χ0v) is 42.7. The molecule has 13 nitrogen and oxygen atoms in total. The van der Waals surface area contributed by atoms with Gasteiger partial charge in [0.15, 0.2) is 0 Å². The van der Waals surface area contributed by atoms with E-state index >= 15 is 0 Å². The number of ether oxygens (including phenoxy) is 4. The van der Waals surface area contributed by atoms with E-state index in [1.54, 1.807) is 0 Å². The molecule has 6 aliphatic carbocycles. The first kappa shape index (κ1) is 49.3. The van der Waals surface area contributed by atoms with E-state index in [0.717, 1.165) is 81.6 Å². The number of rotatable bonds is 9. The summed E-state index contributed by atoms with van der Waals surface area (Å²) in [4.78, 5) is 24.0. The maximum Gasteiger partial charge on any atom is 0.481 e. The van der Waals surface area contributed by atoms with E-state index < -0.39 is 13.1 Å². The number of amides is 1. The van der Waals surface area contributed by atoms with Crippen LogP contribution in [0.1, 0.15) is 142 Å². The summed E-state index contributed by atoms with van der Waals surface area (Å²) < 4.78 is 49.4. The molecule has 16 rings (SSSR count). The fraction of sp³-hybridized carbons (Fsp3) is 0.741. The van der Waals surface area contributed by atoms with Crippen LogP contribution >= 0.6 is 12.4 Å². The van der Waals surface area contributed by atoms with Gasteiger partial charge >= 0.3 is 20.2 Å². The lowest BCUT2D eigenvalue weighted by Crippen LogP contribution is -2.65. The van der Waals surface area contributed by atoms with Crippen LogP contribution < -0.4 is 20.5 Å². The van der Waals surface area contributed by atoms with Crippen LogP contribution in [0, 0.1) is 46.3 Å². The summed E-state index contributed by atoms with van der Waals surface area (Å²) in [5, 5.41) is 12.1. The minimum Gasteiger partial charge on any atom is -0.493 e. The third kappa shape index (κ3) is 8.16. The normalized spacial score (nSPS) is 42.3. The van der Waals surface area contributed by atoms with Crippen LogP contribution in [-0.4, -0.2) is 104 Å². The predicted octanol–water partition coefficient (Wildman–Crippen LogP) is 8.08. The molecule has 8 aliphatic heterocycles. The molecule has 380 valence electrons. The van der Waals surface area contributed by atoms with Gasteiger partial charge in [0.05, 0.1) is 78.8 Å². The molecule has 18 atom stereocenters. The number of fused-ring (bicyclic) bond motifs is 6. The zero-order valence-electron chi connectivity index (χ0n) is 41.9. The van der Waals surface area contributed by atoms with Crippen molar-refractivity contribution in [1.29, 1.82) is 0 Å². The number of halogens is 1. The molecule has 16 heteroatoms. The lowest BCUT2D eigenvalue weighted by Gasteiger charge is -2.64. The van der Waals surface area contributed by atoms with Crippen molar-refractivity contribution in [3.8, 4) is 11.5 Å². The van der Waals surface area contributed by atoms with Gasteiger partial charge in [-0.2, -0.15) is 0 Å². The van der Waals surface area contributed by atoms with Crippen LogP contribution in [0.25, 0.3) is 0 Å². The summed E-state index contributed by atoms with van der Waals surface area (Å²) in [5.41, 5.74) is 9.23. The first-order valence-electron chi connectivity index (χ1n) is 26.7. The second-order valence-electron chi connectivity index (χ2n) is 24.8. The second-order valence-corrected chi connectivity index (χ2v) is 24.8. The summed E-state index contributed by atoms with van der Waals surface area (Å²) in [6.45, 7) is 15.4. The molecule has 2 aromatic rings. The molecule has 0 spiro atoms. The summed E-state index contributed by atoms with van der Waals surface area (Å²) in [6, 6.07) is 16.5. The Kier molecular flexibility index (Phi) is 12.8. The Morgan fingerprint density at radius 3 is 1.63 bits per heavy atom. The van der Waals surface area contributed by atoms with E-state index in [9.17, 15) is 9.59 Å². The summed E-state index contributed by atoms with van der Waals surface area (Å²) in [5.74, 6) is 3.85. The predicted molar refractivity (Wildman–Crippen MR) is 266 cm³/mol. The minimum absolute atomic E-state index is 0. The van der Waals surface area contributed by atoms with Crippen LogP contribution in [0.3, 0.4) is 0 Å². The third-order valence-electron chi connectivity index (χ3n) is 20.5. The Morgan fingerprint density at radius 1 is 0.671 bits per heavy atom. The van der Waals surface area contributed by atoms with Gasteiger partial charge in [0.25, 0.3) is 0 Å². The average Bonchev–Trinajstić information content (AvgIpc) is 4.20. The Morgan fingerprint density at radius 2 is 1.16 bits per heavy atom. The Bertz CT molecular complexity index is 2310. The number of hydrogen-bond acceptors (Lipinski definition) is 11. The molecule has 6 saturated carbocycles. The van der Waals surface area contributed by atoms with Crippen LogP contribution in [0.15, 0.2) is 48.5 Å². The van der Waals surface area contributed by atoms with E-state index in [4.69, 9.17) is 48.4 Å². The number of nitrogens with two attached hydrogens (primary N) is 1. The van der Waals surface area contributed by atoms with Gasteiger partial charge in [0.2, 0.25) is 5.91 Å². The van der Waals surface area contributed by atoms with Gasteiger partial charge in [0.1, 0.15) is 11.5 Å². The van der Waals surface area contributed by atoms with E-state index in [1.807, 2.05) is 24.3 Å². The molecule has 1 amide bonds. The molecule has 12 fully saturated rings. The van der Waals surface area contributed by atoms with E-state index in [2.05, 4.69) is 71.1 Å². The van der Waals surface area contributed by atoms with Crippen LogP contribution in [-0.2, 0) is 37.7 Å². The topological polar surface area (TPSA) is 166 Å². The van der Waals surface area contributed by atoms with Gasteiger partial charge < -0.3 is 53.7 Å². The number of aliphatic carboxylic acids is 1. The molecule has 6 saturated heterocycles. The standard InChI is InChI=1S/C27H36BNO5.C20H28BNO3.C7H10O3.ClH/c1-26(2)16-11-22(26)27(3)23(12-16)33-28(34-27)24(10-15-14-31-20-7-5-4-6-18(15)20)29-25(30)19-13-17-8-9-21(19)32-17;1-19(2)13-9-16(19)20(3)17(10-13)24-21(25-20)18(22)8-12-11-23-15-7-5-4-6-14(12)15;8-7(9)5-3-4-1-2-6(5)10-4;/h4-7,15-17,19,21-24H,8-14H2,1-3H3,(H,29,30);4-7,12-13,16-18H,8-11,22H2,1-3H3;4-6H,1-3H2,(H,8,9);1H/t15-,16+,17-,19-,21+,22+,23-,24+,27+;12-,13+,16+,17-,18+,20+;4-,5-,6+;/m111./s1. The number of nitrogens with one attached hydrogen (secondary N) is 1. The second kappa shape index (κ2) is 18.2. The van der Waals surface area contributed by atoms with E-state index in [-0.39, 0.29) is 103 Å². The Labute approximate surface area is 421 Å². The number of hydrogen-bond donors (Lipinski definition) is 3. The molecule has 0 radical (unpaired) electrons. The van der Waals surface area contributed by atoms with Crippen LogP contribution in [0.2, 0.25) is 0 Å². The first-order valence-corrected chi connectivity index (χ1v) is 26.7. The maximum absolute atomic E-state index is 13.5. The molecule has 70 heavy (non-hydrogen) atoms. The maximum atomic E-state index is 13.5. The molecule has 0 unspecified atom stereocenters. The molecule has 8 heterocycles. The number of carboxylic acids is 1. The number of carbonyl (C=O) groups is 2. The van der Waals surface area contributed by atoms with Crippen molar-refractivity contribution >= 4 is 38.5 Å². The van der Waals surface area contributed by atoms with Crippen molar-refractivity contribution in [2.75, 3.05) is 13.2 Å². The molecular formula is C54H75B2ClN2O11. The van der Waals surface area contributed by atoms with Crippen molar-refractivity contribution in [3.63, 3.8) is 0 Å². The van der Waals surface area contributed by atoms with Gasteiger partial charge in [-0.3, -0.25) is 9.59 Å². The monoisotopic (exact) mass is 985 g/mol. The van der Waals surface area contributed by atoms with Crippen molar-refractivity contribution in [3.05, 3.63) is 59.7 Å². The van der Waals surface area contributed by atoms with Crippen molar-refractivity contribution in [2.45, 2.75) is 190 Å². The zero-order chi connectivity index (χ0) is 47.8. The lowest BCUT2D eigenvalue weighted by molar-refractivity contribution is -0.199. The molecule has 14 aliphatic rings. The molecule has 8 bridgehead atoms. The minimum atomic E-state index is -0.688. The highest BCUT2D eigenvalue weighted by Crippen LogP contribution is 2.67. The quantitative estimate of drug-likeness (QED) is 0.207. The Balaban J connectivity index is 0.000000129. The summed E-state index contributed by atoms with van der Waals surface area (Å²) in [6.07, 6.45) is 12.8. The number of carbonyl (C=O) groups excluding carboxylic acids is 1. The van der Waals surface area contributed by atoms with Crippen LogP contribution in [0.5, 0.6) is 11.5 Å². The molecule has 0 aromatic heterocycles. The van der Waals surface area contributed by atoms with Crippen molar-refractivity contribution in [2.24, 2.45) is 52.1 Å². The lowest BCUT2D eigenvalue weighted by atomic mass is 9.43.